The Kier molecular flexibility index (Phi) is 4.93. The van der Waals surface area contributed by atoms with Gasteiger partial charge < -0.3 is 11.1 Å². The van der Waals surface area contributed by atoms with E-state index in [1.807, 2.05) is 38.1 Å². The lowest BCUT2D eigenvalue weighted by atomic mass is 10.0. The molecular weight excluding hydrogens is 279 g/mol. The minimum atomic E-state index is -0.515. The molecule has 0 radical (unpaired) electrons. The molecule has 0 heterocycles. The van der Waals surface area contributed by atoms with Gasteiger partial charge in [-0.1, -0.05) is 42.5 Å². The molecule has 4 heteroatoms. The lowest BCUT2D eigenvalue weighted by Gasteiger charge is -2.17. The fraction of sp³-hybridized carbons (Fsp3) is 0.278. The van der Waals surface area contributed by atoms with Crippen LogP contribution in [0.15, 0.2) is 48.5 Å². The molecule has 0 aromatic heterocycles. The number of hydrogen-bond donors (Lipinski definition) is 2. The molecule has 0 aliphatic rings. The molecule has 1 amide bonds. The van der Waals surface area contributed by atoms with Crippen LogP contribution in [0.1, 0.15) is 25.8 Å². The largest absolute Gasteiger partial charge is 0.352 e. The van der Waals surface area contributed by atoms with E-state index in [0.29, 0.717) is 12.1 Å². The van der Waals surface area contributed by atoms with Gasteiger partial charge in [-0.25, -0.2) is 4.39 Å². The van der Waals surface area contributed by atoms with E-state index < -0.39 is 5.54 Å². The van der Waals surface area contributed by atoms with E-state index in [-0.39, 0.29) is 18.1 Å². The van der Waals surface area contributed by atoms with Crippen LogP contribution in [0, 0.1) is 5.82 Å². The molecule has 0 atom stereocenters. The van der Waals surface area contributed by atoms with E-state index in [1.54, 1.807) is 18.2 Å². The molecule has 0 saturated heterocycles. The van der Waals surface area contributed by atoms with Crippen LogP contribution in [0.5, 0.6) is 0 Å². The summed E-state index contributed by atoms with van der Waals surface area (Å²) in [6.07, 6.45) is 0.278. The highest BCUT2D eigenvalue weighted by Gasteiger charge is 2.15. The first-order valence-corrected chi connectivity index (χ1v) is 7.24. The van der Waals surface area contributed by atoms with Crippen molar-refractivity contribution in [2.45, 2.75) is 32.4 Å². The third kappa shape index (κ3) is 4.67. The van der Waals surface area contributed by atoms with Gasteiger partial charge in [0.05, 0.1) is 0 Å². The quantitative estimate of drug-likeness (QED) is 0.890. The second-order valence-corrected chi connectivity index (χ2v) is 6.12. The molecule has 2 aromatic carbocycles. The average Bonchev–Trinajstić information content (AvgIpc) is 2.45. The highest BCUT2D eigenvalue weighted by molar-refractivity contribution is 5.77. The van der Waals surface area contributed by atoms with E-state index in [0.717, 1.165) is 11.1 Å². The van der Waals surface area contributed by atoms with Crippen LogP contribution in [-0.2, 0) is 11.3 Å². The van der Waals surface area contributed by atoms with Gasteiger partial charge in [-0.15, -0.1) is 0 Å². The number of nitrogens with two attached hydrogens (primary N) is 1. The van der Waals surface area contributed by atoms with E-state index in [2.05, 4.69) is 5.32 Å². The summed E-state index contributed by atoms with van der Waals surface area (Å²) in [6.45, 7) is 4.07. The second-order valence-electron chi connectivity index (χ2n) is 6.12. The predicted molar refractivity (Wildman–Crippen MR) is 86.6 cm³/mol. The van der Waals surface area contributed by atoms with Crippen molar-refractivity contribution in [1.82, 2.24) is 5.32 Å². The number of hydrogen-bond acceptors (Lipinski definition) is 2. The van der Waals surface area contributed by atoms with Crippen LogP contribution in [0.4, 0.5) is 4.39 Å². The van der Waals surface area contributed by atoms with Gasteiger partial charge in [0.15, 0.2) is 0 Å². The summed E-state index contributed by atoms with van der Waals surface area (Å²) in [4.78, 5) is 11.7. The van der Waals surface area contributed by atoms with Crippen molar-refractivity contribution >= 4 is 5.91 Å². The maximum absolute atomic E-state index is 13.7. The maximum Gasteiger partial charge on any atom is 0.222 e. The van der Waals surface area contributed by atoms with Gasteiger partial charge in [-0.05, 0) is 31.0 Å². The number of carbonyl (C=O) groups is 1. The van der Waals surface area contributed by atoms with Crippen molar-refractivity contribution in [3.05, 3.63) is 59.9 Å². The Balaban J connectivity index is 1.98. The van der Waals surface area contributed by atoms with Crippen molar-refractivity contribution in [3.8, 4) is 11.1 Å². The van der Waals surface area contributed by atoms with Crippen LogP contribution < -0.4 is 11.1 Å². The molecule has 3 N–H and O–H groups in total. The minimum Gasteiger partial charge on any atom is -0.352 e. The molecule has 0 spiro atoms. The maximum atomic E-state index is 13.7. The van der Waals surface area contributed by atoms with Crippen molar-refractivity contribution in [2.24, 2.45) is 5.73 Å². The average molecular weight is 300 g/mol. The summed E-state index contributed by atoms with van der Waals surface area (Å²) in [6, 6.07) is 14.1. The van der Waals surface area contributed by atoms with Crippen molar-refractivity contribution in [3.63, 3.8) is 0 Å². The van der Waals surface area contributed by atoms with Gasteiger partial charge in [0.25, 0.3) is 0 Å². The molecule has 0 aliphatic heterocycles. The standard InChI is InChI=1S/C18H21FN2O/c1-18(2,20)11-17(22)21-12-13-7-9-14(10-8-13)15-5-3-4-6-16(15)19/h3-10H,11-12,20H2,1-2H3,(H,21,22). The summed E-state index contributed by atoms with van der Waals surface area (Å²) >= 11 is 0. The highest BCUT2D eigenvalue weighted by Crippen LogP contribution is 2.22. The Morgan fingerprint density at radius 3 is 2.36 bits per heavy atom. The molecule has 3 nitrogen and oxygen atoms in total. The lowest BCUT2D eigenvalue weighted by Crippen LogP contribution is -2.38. The van der Waals surface area contributed by atoms with E-state index >= 15 is 0 Å². The van der Waals surface area contributed by atoms with Gasteiger partial charge in [-0.3, -0.25) is 4.79 Å². The zero-order valence-corrected chi connectivity index (χ0v) is 12.9. The molecule has 0 aliphatic carbocycles. The van der Waals surface area contributed by atoms with Crippen LogP contribution in [0.2, 0.25) is 0 Å². The van der Waals surface area contributed by atoms with Crippen LogP contribution in [-0.4, -0.2) is 11.4 Å². The molecular formula is C18H21FN2O. The Morgan fingerprint density at radius 2 is 1.77 bits per heavy atom. The zero-order valence-electron chi connectivity index (χ0n) is 12.9. The molecule has 0 unspecified atom stereocenters. The number of benzene rings is 2. The Morgan fingerprint density at radius 1 is 1.14 bits per heavy atom. The molecule has 116 valence electrons. The first-order chi connectivity index (χ1) is 10.3. The SMILES string of the molecule is CC(C)(N)CC(=O)NCc1ccc(-c2ccccc2F)cc1. The molecule has 0 saturated carbocycles. The summed E-state index contributed by atoms with van der Waals surface area (Å²) in [7, 11) is 0. The first-order valence-electron chi connectivity index (χ1n) is 7.24. The summed E-state index contributed by atoms with van der Waals surface area (Å²) in [5.41, 5.74) is 7.64. The Bertz CT molecular complexity index is 645. The fourth-order valence-corrected chi connectivity index (χ4v) is 2.17. The Hall–Kier alpha value is -2.20. The first kappa shape index (κ1) is 16.2. The van der Waals surface area contributed by atoms with Gasteiger partial charge >= 0.3 is 0 Å². The number of halogens is 1. The van der Waals surface area contributed by atoms with Gasteiger partial charge in [0.1, 0.15) is 5.82 Å². The van der Waals surface area contributed by atoms with E-state index in [4.69, 9.17) is 5.73 Å². The second kappa shape index (κ2) is 6.71. The monoisotopic (exact) mass is 300 g/mol. The third-order valence-electron chi connectivity index (χ3n) is 3.24. The van der Waals surface area contributed by atoms with Crippen molar-refractivity contribution in [1.29, 1.82) is 0 Å². The number of nitrogens with one attached hydrogen (secondary N) is 1. The summed E-state index contributed by atoms with van der Waals surface area (Å²) in [5, 5.41) is 2.83. The van der Waals surface area contributed by atoms with Gasteiger partial charge in [-0.2, -0.15) is 0 Å². The minimum absolute atomic E-state index is 0.0781. The molecule has 0 fully saturated rings. The van der Waals surface area contributed by atoms with Crippen molar-refractivity contribution in [2.75, 3.05) is 0 Å². The lowest BCUT2D eigenvalue weighted by molar-refractivity contribution is -0.122. The number of amides is 1. The van der Waals surface area contributed by atoms with Crippen LogP contribution >= 0.6 is 0 Å². The number of carbonyl (C=O) groups excluding carboxylic acids is 1. The van der Waals surface area contributed by atoms with E-state index in [9.17, 15) is 9.18 Å². The molecule has 2 aromatic rings. The fourth-order valence-electron chi connectivity index (χ4n) is 2.17. The highest BCUT2D eigenvalue weighted by atomic mass is 19.1. The smallest absolute Gasteiger partial charge is 0.222 e. The predicted octanol–water partition coefficient (Wildman–Crippen LogP) is 3.24. The topological polar surface area (TPSA) is 55.1 Å². The molecule has 0 bridgehead atoms. The normalized spacial score (nSPS) is 11.3. The molecule has 22 heavy (non-hydrogen) atoms. The van der Waals surface area contributed by atoms with E-state index in [1.165, 1.54) is 6.07 Å². The van der Waals surface area contributed by atoms with Crippen LogP contribution in [0.3, 0.4) is 0 Å². The van der Waals surface area contributed by atoms with Crippen LogP contribution in [0.25, 0.3) is 11.1 Å². The number of rotatable bonds is 5. The summed E-state index contributed by atoms with van der Waals surface area (Å²) in [5.74, 6) is -0.320. The summed E-state index contributed by atoms with van der Waals surface area (Å²) < 4.78 is 13.7. The van der Waals surface area contributed by atoms with Gasteiger partial charge in [0, 0.05) is 24.1 Å². The Labute approximate surface area is 130 Å². The van der Waals surface area contributed by atoms with Crippen molar-refractivity contribution < 1.29 is 9.18 Å². The molecule has 2 rings (SSSR count). The third-order valence-corrected chi connectivity index (χ3v) is 3.24. The van der Waals surface area contributed by atoms with Gasteiger partial charge in [0.2, 0.25) is 5.91 Å². The zero-order chi connectivity index (χ0) is 16.2.